The number of aliphatic hydroxyl groups is 1. The first-order valence-electron chi connectivity index (χ1n) is 4.65. The van der Waals surface area contributed by atoms with E-state index in [4.69, 9.17) is 5.73 Å². The van der Waals surface area contributed by atoms with Gasteiger partial charge in [0.2, 0.25) is 0 Å². The zero-order chi connectivity index (χ0) is 9.42. The van der Waals surface area contributed by atoms with Crippen molar-refractivity contribution >= 4 is 12.4 Å². The van der Waals surface area contributed by atoms with Gasteiger partial charge in [-0.2, -0.15) is 5.10 Å². The third kappa shape index (κ3) is 1.92. The van der Waals surface area contributed by atoms with E-state index >= 15 is 0 Å². The van der Waals surface area contributed by atoms with Gasteiger partial charge in [-0.1, -0.05) is 0 Å². The molecular weight excluding hydrogens is 202 g/mol. The van der Waals surface area contributed by atoms with Gasteiger partial charge in [-0.05, 0) is 25.8 Å². The average Bonchev–Trinajstić information content (AvgIpc) is 2.45. The van der Waals surface area contributed by atoms with Gasteiger partial charge in [0, 0.05) is 12.2 Å². The van der Waals surface area contributed by atoms with E-state index < -0.39 is 6.10 Å². The van der Waals surface area contributed by atoms with Crippen molar-refractivity contribution in [3.63, 3.8) is 0 Å². The van der Waals surface area contributed by atoms with Crippen LogP contribution in [0.3, 0.4) is 0 Å². The van der Waals surface area contributed by atoms with E-state index in [-0.39, 0.29) is 12.4 Å². The Morgan fingerprint density at radius 3 is 2.79 bits per heavy atom. The number of hydrogen-bond donors (Lipinski definition) is 2. The number of rotatable bonds is 2. The molecule has 1 aromatic heterocycles. The molecule has 14 heavy (non-hydrogen) atoms. The van der Waals surface area contributed by atoms with Crippen LogP contribution in [0.2, 0.25) is 0 Å². The van der Waals surface area contributed by atoms with Crippen molar-refractivity contribution in [2.45, 2.75) is 38.0 Å². The zero-order valence-electron chi connectivity index (χ0n) is 8.13. The van der Waals surface area contributed by atoms with Gasteiger partial charge in [-0.15, -0.1) is 12.4 Å². The van der Waals surface area contributed by atoms with Crippen molar-refractivity contribution < 1.29 is 5.11 Å². The quantitative estimate of drug-likeness (QED) is 0.778. The molecule has 1 atom stereocenters. The van der Waals surface area contributed by atoms with Gasteiger partial charge in [0.1, 0.15) is 0 Å². The molecular formula is C9H16ClN3O. The molecule has 1 aliphatic rings. The fourth-order valence-corrected chi connectivity index (χ4v) is 1.79. The second kappa shape index (κ2) is 4.29. The Kier molecular flexibility index (Phi) is 3.53. The Hall–Kier alpha value is -0.580. The molecule has 3 N–H and O–H groups in total. The molecule has 0 amide bonds. The molecule has 1 aliphatic carbocycles. The summed E-state index contributed by atoms with van der Waals surface area (Å²) < 4.78 is 1.90. The Morgan fingerprint density at radius 1 is 1.64 bits per heavy atom. The van der Waals surface area contributed by atoms with E-state index in [1.54, 1.807) is 13.1 Å². The summed E-state index contributed by atoms with van der Waals surface area (Å²) in [6, 6.07) is 2.57. The second-order valence-electron chi connectivity index (χ2n) is 3.76. The average molecular weight is 218 g/mol. The highest BCUT2D eigenvalue weighted by molar-refractivity contribution is 5.85. The maximum Gasteiger partial charge on any atom is 0.0928 e. The molecule has 2 rings (SSSR count). The summed E-state index contributed by atoms with van der Waals surface area (Å²) in [4.78, 5) is 0. The number of nitrogens with zero attached hydrogens (tertiary/aromatic N) is 2. The summed E-state index contributed by atoms with van der Waals surface area (Å²) in [6.07, 6.45) is 3.23. The van der Waals surface area contributed by atoms with Crippen molar-refractivity contribution in [2.24, 2.45) is 5.73 Å². The summed E-state index contributed by atoms with van der Waals surface area (Å²) in [5.41, 5.74) is 6.58. The van der Waals surface area contributed by atoms with Crippen LogP contribution in [-0.4, -0.2) is 20.9 Å². The summed E-state index contributed by atoms with van der Waals surface area (Å²) in [7, 11) is 0. The number of nitrogens with two attached hydrogens (primary N) is 1. The topological polar surface area (TPSA) is 64.1 Å². The molecule has 0 saturated heterocycles. The fourth-order valence-electron chi connectivity index (χ4n) is 1.79. The standard InChI is InChI=1S/C9H15N3O.ClH/c1-6(13)9-2-3-11-12(9)8-4-7(10)5-8;/h2-3,6-8,13H,4-5,10H2,1H3;1H/t6-,7-,8-;/m1./s1. The zero-order valence-corrected chi connectivity index (χ0v) is 8.94. The van der Waals surface area contributed by atoms with E-state index in [0.29, 0.717) is 12.1 Å². The van der Waals surface area contributed by atoms with E-state index in [9.17, 15) is 5.11 Å². The maximum atomic E-state index is 9.44. The molecule has 0 radical (unpaired) electrons. The highest BCUT2D eigenvalue weighted by atomic mass is 35.5. The Labute approximate surface area is 89.5 Å². The van der Waals surface area contributed by atoms with Gasteiger partial charge in [-0.3, -0.25) is 4.68 Å². The van der Waals surface area contributed by atoms with Crippen LogP contribution in [-0.2, 0) is 0 Å². The lowest BCUT2D eigenvalue weighted by Crippen LogP contribution is -2.38. The molecule has 0 spiro atoms. The van der Waals surface area contributed by atoms with Crippen LogP contribution in [0.25, 0.3) is 0 Å². The third-order valence-electron chi connectivity index (χ3n) is 2.62. The highest BCUT2D eigenvalue weighted by Gasteiger charge is 2.29. The van der Waals surface area contributed by atoms with Crippen LogP contribution in [0, 0.1) is 0 Å². The van der Waals surface area contributed by atoms with Crippen LogP contribution in [0.15, 0.2) is 12.3 Å². The van der Waals surface area contributed by atoms with Gasteiger partial charge in [0.15, 0.2) is 0 Å². The van der Waals surface area contributed by atoms with Gasteiger partial charge in [0.05, 0.1) is 17.8 Å². The van der Waals surface area contributed by atoms with Gasteiger partial charge in [0.25, 0.3) is 0 Å². The first-order valence-corrected chi connectivity index (χ1v) is 4.65. The van der Waals surface area contributed by atoms with Crippen molar-refractivity contribution in [3.8, 4) is 0 Å². The molecule has 0 aromatic carbocycles. The van der Waals surface area contributed by atoms with Gasteiger partial charge in [-0.25, -0.2) is 0 Å². The smallest absolute Gasteiger partial charge is 0.0928 e. The molecule has 0 aliphatic heterocycles. The lowest BCUT2D eigenvalue weighted by molar-refractivity contribution is 0.166. The normalized spacial score (nSPS) is 27.6. The van der Waals surface area contributed by atoms with Crippen LogP contribution < -0.4 is 5.73 Å². The fraction of sp³-hybridized carbons (Fsp3) is 0.667. The predicted molar refractivity (Wildman–Crippen MR) is 56.4 cm³/mol. The summed E-state index contributed by atoms with van der Waals surface area (Å²) in [6.45, 7) is 1.76. The van der Waals surface area contributed by atoms with Crippen molar-refractivity contribution in [1.82, 2.24) is 9.78 Å². The van der Waals surface area contributed by atoms with Crippen molar-refractivity contribution in [1.29, 1.82) is 0 Å². The van der Waals surface area contributed by atoms with Gasteiger partial charge < -0.3 is 10.8 Å². The van der Waals surface area contributed by atoms with E-state index in [1.165, 1.54) is 0 Å². The Bertz CT molecular complexity index is 294. The summed E-state index contributed by atoms with van der Waals surface area (Å²) in [5, 5.41) is 13.6. The van der Waals surface area contributed by atoms with Crippen LogP contribution >= 0.6 is 12.4 Å². The minimum atomic E-state index is -0.445. The minimum Gasteiger partial charge on any atom is -0.387 e. The molecule has 1 fully saturated rings. The lowest BCUT2D eigenvalue weighted by atomic mass is 9.87. The number of aromatic nitrogens is 2. The third-order valence-corrected chi connectivity index (χ3v) is 2.62. The number of halogens is 1. The van der Waals surface area contributed by atoms with E-state index in [1.807, 2.05) is 10.7 Å². The monoisotopic (exact) mass is 217 g/mol. The largest absolute Gasteiger partial charge is 0.387 e. The number of hydrogen-bond acceptors (Lipinski definition) is 3. The highest BCUT2D eigenvalue weighted by Crippen LogP contribution is 2.32. The van der Waals surface area contributed by atoms with Gasteiger partial charge >= 0.3 is 0 Å². The summed E-state index contributed by atoms with van der Waals surface area (Å²) in [5.74, 6) is 0. The van der Waals surface area contributed by atoms with Crippen LogP contribution in [0.4, 0.5) is 0 Å². The minimum absolute atomic E-state index is 0. The molecule has 4 nitrogen and oxygen atoms in total. The Balaban J connectivity index is 0.000000980. The summed E-state index contributed by atoms with van der Waals surface area (Å²) >= 11 is 0. The van der Waals surface area contributed by atoms with Crippen LogP contribution in [0.1, 0.15) is 37.6 Å². The number of aliphatic hydroxyl groups excluding tert-OH is 1. The molecule has 1 aromatic rings. The molecule has 0 bridgehead atoms. The van der Waals surface area contributed by atoms with E-state index in [2.05, 4.69) is 5.10 Å². The van der Waals surface area contributed by atoms with E-state index in [0.717, 1.165) is 18.5 Å². The van der Waals surface area contributed by atoms with Crippen molar-refractivity contribution in [2.75, 3.05) is 0 Å². The predicted octanol–water partition coefficient (Wildman–Crippen LogP) is 1.02. The second-order valence-corrected chi connectivity index (χ2v) is 3.76. The molecule has 1 saturated carbocycles. The molecule has 1 heterocycles. The molecule has 80 valence electrons. The van der Waals surface area contributed by atoms with Crippen LogP contribution in [0.5, 0.6) is 0 Å². The first kappa shape index (κ1) is 11.5. The lowest BCUT2D eigenvalue weighted by Gasteiger charge is -2.33. The first-order chi connectivity index (χ1) is 6.18. The maximum absolute atomic E-state index is 9.44. The molecule has 0 unspecified atom stereocenters. The Morgan fingerprint density at radius 2 is 2.29 bits per heavy atom. The SMILES string of the molecule is C[C@@H](O)c1ccnn1[C@H]1C[C@H](N)C1.Cl. The molecule has 5 heteroatoms. The van der Waals surface area contributed by atoms with Crippen molar-refractivity contribution in [3.05, 3.63) is 18.0 Å².